The van der Waals surface area contributed by atoms with Gasteiger partial charge >= 0.3 is 0 Å². The van der Waals surface area contributed by atoms with Gasteiger partial charge in [0.25, 0.3) is 0 Å². The van der Waals surface area contributed by atoms with Crippen LogP contribution in [0.5, 0.6) is 0 Å². The molecule has 0 radical (unpaired) electrons. The van der Waals surface area contributed by atoms with Gasteiger partial charge in [0.1, 0.15) is 10.9 Å². The van der Waals surface area contributed by atoms with E-state index in [1.807, 2.05) is 0 Å². The van der Waals surface area contributed by atoms with Crippen molar-refractivity contribution in [2.24, 2.45) is 11.5 Å². The van der Waals surface area contributed by atoms with E-state index in [4.69, 9.17) is 11.5 Å². The molecule has 0 aromatic carbocycles. The molecule has 1 amide bonds. The Labute approximate surface area is 87.0 Å². The van der Waals surface area contributed by atoms with E-state index in [2.05, 4.69) is 5.10 Å². The average Bonchev–Trinajstić information content (AvgIpc) is 2.51. The lowest BCUT2D eigenvalue weighted by molar-refractivity contribution is -0.119. The molecule has 1 heterocycles. The van der Waals surface area contributed by atoms with Crippen molar-refractivity contribution >= 4 is 15.7 Å². The smallest absolute Gasteiger partial charge is 0.236 e. The van der Waals surface area contributed by atoms with Crippen molar-refractivity contribution in [1.82, 2.24) is 9.78 Å². The summed E-state index contributed by atoms with van der Waals surface area (Å²) in [6.45, 7) is 0.0604. The third-order valence-corrected chi connectivity index (χ3v) is 2.85. The van der Waals surface area contributed by atoms with Crippen molar-refractivity contribution in [3.05, 3.63) is 12.4 Å². The topological polar surface area (TPSA) is 121 Å². The Balaban J connectivity index is 2.82. The first kappa shape index (κ1) is 11.7. The standard InChI is InChI=1S/C7H12N4O3S/c1-15(13,14)5-2-10-11(3-5)4-6(8)7(9)12/h2-3,6H,4,8H2,1H3,(H2,9,12). The second-order valence-corrected chi connectivity index (χ2v) is 5.19. The van der Waals surface area contributed by atoms with Crippen LogP contribution in [0.1, 0.15) is 0 Å². The Morgan fingerprint density at radius 2 is 2.27 bits per heavy atom. The molecule has 1 aromatic heterocycles. The van der Waals surface area contributed by atoms with E-state index >= 15 is 0 Å². The Morgan fingerprint density at radius 3 is 2.67 bits per heavy atom. The van der Waals surface area contributed by atoms with E-state index in [9.17, 15) is 13.2 Å². The fraction of sp³-hybridized carbons (Fsp3) is 0.429. The van der Waals surface area contributed by atoms with Gasteiger partial charge in [-0.1, -0.05) is 0 Å². The first-order chi connectivity index (χ1) is 6.80. The van der Waals surface area contributed by atoms with Crippen molar-refractivity contribution in [2.75, 3.05) is 6.26 Å². The third kappa shape index (κ3) is 3.03. The normalized spacial score (nSPS) is 13.7. The molecule has 0 aliphatic heterocycles. The lowest BCUT2D eigenvalue weighted by atomic mass is 10.3. The molecular formula is C7H12N4O3S. The summed E-state index contributed by atoms with van der Waals surface area (Å²) in [7, 11) is -3.28. The van der Waals surface area contributed by atoms with Gasteiger partial charge < -0.3 is 11.5 Å². The van der Waals surface area contributed by atoms with Crippen molar-refractivity contribution in [1.29, 1.82) is 0 Å². The molecule has 0 bridgehead atoms. The lowest BCUT2D eigenvalue weighted by Gasteiger charge is -2.06. The number of rotatable bonds is 4. The monoisotopic (exact) mass is 232 g/mol. The second-order valence-electron chi connectivity index (χ2n) is 3.18. The van der Waals surface area contributed by atoms with Crippen LogP contribution in [0.2, 0.25) is 0 Å². The number of aromatic nitrogens is 2. The zero-order valence-electron chi connectivity index (χ0n) is 8.12. The van der Waals surface area contributed by atoms with Gasteiger partial charge in [-0.15, -0.1) is 0 Å². The first-order valence-corrected chi connectivity index (χ1v) is 5.97. The molecule has 1 atom stereocenters. The van der Waals surface area contributed by atoms with Crippen LogP contribution in [-0.4, -0.2) is 36.4 Å². The molecule has 0 saturated carbocycles. The second kappa shape index (κ2) is 3.99. The summed E-state index contributed by atoms with van der Waals surface area (Å²) < 4.78 is 23.4. The van der Waals surface area contributed by atoms with Gasteiger partial charge in [-0.25, -0.2) is 8.42 Å². The summed E-state index contributed by atoms with van der Waals surface area (Å²) in [6, 6.07) is -0.877. The van der Waals surface area contributed by atoms with Gasteiger partial charge in [-0.05, 0) is 0 Å². The summed E-state index contributed by atoms with van der Waals surface area (Å²) >= 11 is 0. The molecule has 1 unspecified atom stereocenters. The van der Waals surface area contributed by atoms with E-state index in [1.165, 1.54) is 17.1 Å². The van der Waals surface area contributed by atoms with Crippen molar-refractivity contribution in [2.45, 2.75) is 17.5 Å². The predicted molar refractivity (Wildman–Crippen MR) is 52.5 cm³/mol. The fourth-order valence-electron chi connectivity index (χ4n) is 0.927. The lowest BCUT2D eigenvalue weighted by Crippen LogP contribution is -2.39. The minimum Gasteiger partial charge on any atom is -0.368 e. The number of carbonyl (C=O) groups is 1. The highest BCUT2D eigenvalue weighted by Gasteiger charge is 2.13. The predicted octanol–water partition coefficient (Wildman–Crippen LogP) is -1.90. The minimum atomic E-state index is -3.28. The fourth-order valence-corrected chi connectivity index (χ4v) is 1.48. The SMILES string of the molecule is CS(=O)(=O)c1cnn(CC(N)C(N)=O)c1. The number of amides is 1. The number of carbonyl (C=O) groups excluding carboxylic acids is 1. The van der Waals surface area contributed by atoms with Crippen LogP contribution in [0.25, 0.3) is 0 Å². The molecule has 0 fully saturated rings. The molecular weight excluding hydrogens is 220 g/mol. The van der Waals surface area contributed by atoms with Gasteiger partial charge in [0.2, 0.25) is 5.91 Å². The zero-order chi connectivity index (χ0) is 11.6. The Bertz CT molecular complexity index is 464. The van der Waals surface area contributed by atoms with Crippen LogP contribution in [0.3, 0.4) is 0 Å². The van der Waals surface area contributed by atoms with Crippen LogP contribution < -0.4 is 11.5 Å². The largest absolute Gasteiger partial charge is 0.368 e. The number of nitrogens with two attached hydrogens (primary N) is 2. The van der Waals surface area contributed by atoms with Gasteiger partial charge in [-0.2, -0.15) is 5.10 Å². The molecule has 1 aromatic rings. The summed E-state index contributed by atoms with van der Waals surface area (Å²) in [5, 5.41) is 3.75. The van der Waals surface area contributed by atoms with E-state index in [0.717, 1.165) is 6.26 Å². The number of hydrogen-bond acceptors (Lipinski definition) is 5. The molecule has 7 nitrogen and oxygen atoms in total. The van der Waals surface area contributed by atoms with Gasteiger partial charge in [0, 0.05) is 12.5 Å². The van der Waals surface area contributed by atoms with Crippen LogP contribution in [0, 0.1) is 0 Å². The highest BCUT2D eigenvalue weighted by Crippen LogP contribution is 2.06. The highest BCUT2D eigenvalue weighted by molar-refractivity contribution is 7.90. The summed E-state index contributed by atoms with van der Waals surface area (Å²) in [4.78, 5) is 10.7. The minimum absolute atomic E-state index is 0.0604. The highest BCUT2D eigenvalue weighted by atomic mass is 32.2. The van der Waals surface area contributed by atoms with E-state index in [0.29, 0.717) is 0 Å². The maximum atomic E-state index is 11.1. The van der Waals surface area contributed by atoms with Gasteiger partial charge in [0.15, 0.2) is 9.84 Å². The molecule has 0 aliphatic carbocycles. The third-order valence-electron chi connectivity index (χ3n) is 1.79. The Morgan fingerprint density at radius 1 is 1.67 bits per heavy atom. The molecule has 0 aliphatic rings. The molecule has 84 valence electrons. The van der Waals surface area contributed by atoms with Crippen LogP contribution >= 0.6 is 0 Å². The van der Waals surface area contributed by atoms with Crippen LogP contribution in [0.4, 0.5) is 0 Å². The summed E-state index contributed by atoms with van der Waals surface area (Å²) in [5.74, 6) is -0.661. The average molecular weight is 232 g/mol. The maximum absolute atomic E-state index is 11.1. The molecule has 0 saturated heterocycles. The van der Waals surface area contributed by atoms with Gasteiger partial charge in [-0.3, -0.25) is 9.48 Å². The summed E-state index contributed by atoms with van der Waals surface area (Å²) in [5.41, 5.74) is 10.3. The van der Waals surface area contributed by atoms with Crippen molar-refractivity contribution in [3.8, 4) is 0 Å². The van der Waals surface area contributed by atoms with Gasteiger partial charge in [0.05, 0.1) is 12.7 Å². The molecule has 0 spiro atoms. The maximum Gasteiger partial charge on any atom is 0.236 e. The van der Waals surface area contributed by atoms with E-state index in [-0.39, 0.29) is 11.4 Å². The molecule has 8 heteroatoms. The molecule has 1 rings (SSSR count). The number of sulfone groups is 1. The number of primary amides is 1. The van der Waals surface area contributed by atoms with Crippen LogP contribution in [0.15, 0.2) is 17.3 Å². The molecule has 15 heavy (non-hydrogen) atoms. The number of hydrogen-bond donors (Lipinski definition) is 2. The Kier molecular flexibility index (Phi) is 3.10. The summed E-state index contributed by atoms with van der Waals surface area (Å²) in [6.07, 6.45) is 3.57. The Hall–Kier alpha value is -1.41. The quantitative estimate of drug-likeness (QED) is 0.628. The van der Waals surface area contributed by atoms with E-state index in [1.54, 1.807) is 0 Å². The molecule has 4 N–H and O–H groups in total. The van der Waals surface area contributed by atoms with Crippen LogP contribution in [-0.2, 0) is 21.2 Å². The van der Waals surface area contributed by atoms with Crippen molar-refractivity contribution in [3.63, 3.8) is 0 Å². The first-order valence-electron chi connectivity index (χ1n) is 4.08. The van der Waals surface area contributed by atoms with Crippen molar-refractivity contribution < 1.29 is 13.2 Å². The van der Waals surface area contributed by atoms with E-state index < -0.39 is 21.8 Å². The number of nitrogens with zero attached hydrogens (tertiary/aromatic N) is 2. The zero-order valence-corrected chi connectivity index (χ0v) is 8.94.